The van der Waals surface area contributed by atoms with Gasteiger partial charge in [-0.3, -0.25) is 0 Å². The van der Waals surface area contributed by atoms with Crippen LogP contribution >= 0.6 is 11.8 Å². The Labute approximate surface area is 118 Å². The third-order valence-corrected chi connectivity index (χ3v) is 6.60. The highest BCUT2D eigenvalue weighted by Gasteiger charge is 2.32. The molecule has 0 spiro atoms. The van der Waals surface area contributed by atoms with Crippen LogP contribution in [0, 0.1) is 6.92 Å². The summed E-state index contributed by atoms with van der Waals surface area (Å²) in [5.41, 5.74) is 0. The van der Waals surface area contributed by atoms with Gasteiger partial charge < -0.3 is 9.52 Å². The first-order chi connectivity index (χ1) is 8.98. The minimum atomic E-state index is -3.51. The predicted molar refractivity (Wildman–Crippen MR) is 74.7 cm³/mol. The van der Waals surface area contributed by atoms with Gasteiger partial charge in [0.2, 0.25) is 10.0 Å². The average Bonchev–Trinajstić information content (AvgIpc) is 2.81. The standard InChI is InChI=1S/C12H19NO4S2/c1-3-11-7-13(4-5-18-11)19(15,16)12-6-10(8-14)17-9(12)2/h6,11,14H,3-5,7-8H2,1-2H3. The second-order valence-electron chi connectivity index (χ2n) is 4.56. The molecule has 2 rings (SSSR count). The first-order valence-corrected chi connectivity index (χ1v) is 8.79. The van der Waals surface area contributed by atoms with E-state index in [9.17, 15) is 8.42 Å². The van der Waals surface area contributed by atoms with E-state index in [2.05, 4.69) is 6.92 Å². The molecule has 19 heavy (non-hydrogen) atoms. The van der Waals surface area contributed by atoms with Crippen molar-refractivity contribution in [2.75, 3.05) is 18.8 Å². The van der Waals surface area contributed by atoms with Gasteiger partial charge in [0.25, 0.3) is 0 Å². The first kappa shape index (κ1) is 14.9. The number of thioether (sulfide) groups is 1. The van der Waals surface area contributed by atoms with E-state index in [1.807, 2.05) is 11.8 Å². The Kier molecular flexibility index (Phi) is 4.60. The minimum absolute atomic E-state index is 0.179. The lowest BCUT2D eigenvalue weighted by atomic mass is 10.3. The summed E-state index contributed by atoms with van der Waals surface area (Å²) in [6.45, 7) is 4.47. The van der Waals surface area contributed by atoms with Crippen LogP contribution in [-0.4, -0.2) is 41.9 Å². The number of sulfonamides is 1. The van der Waals surface area contributed by atoms with Gasteiger partial charge in [-0.15, -0.1) is 0 Å². The van der Waals surface area contributed by atoms with Crippen molar-refractivity contribution in [3.63, 3.8) is 0 Å². The number of furan rings is 1. The smallest absolute Gasteiger partial charge is 0.246 e. The highest BCUT2D eigenvalue weighted by molar-refractivity contribution is 8.00. The third kappa shape index (κ3) is 2.99. The number of aliphatic hydroxyl groups excluding tert-OH is 1. The van der Waals surface area contributed by atoms with Crippen molar-refractivity contribution in [3.8, 4) is 0 Å². The summed E-state index contributed by atoms with van der Waals surface area (Å²) < 4.78 is 31.9. The molecule has 0 radical (unpaired) electrons. The van der Waals surface area contributed by atoms with Gasteiger partial charge >= 0.3 is 0 Å². The lowest BCUT2D eigenvalue weighted by Gasteiger charge is -2.30. The average molecular weight is 305 g/mol. The second-order valence-corrected chi connectivity index (χ2v) is 7.87. The van der Waals surface area contributed by atoms with E-state index < -0.39 is 10.0 Å². The summed E-state index contributed by atoms with van der Waals surface area (Å²) in [6.07, 6.45) is 0.961. The molecule has 1 N–H and O–H groups in total. The molecule has 0 amide bonds. The SMILES string of the molecule is CCC1CN(S(=O)(=O)c2cc(CO)oc2C)CCS1. The van der Waals surface area contributed by atoms with Crippen LogP contribution in [0.1, 0.15) is 24.9 Å². The van der Waals surface area contributed by atoms with E-state index in [0.29, 0.717) is 24.1 Å². The second kappa shape index (κ2) is 5.87. The van der Waals surface area contributed by atoms with Gasteiger partial charge in [0.1, 0.15) is 23.0 Å². The third-order valence-electron chi connectivity index (χ3n) is 3.25. The number of aryl methyl sites for hydroxylation is 1. The Hall–Kier alpha value is -0.500. The molecule has 1 unspecified atom stereocenters. The van der Waals surface area contributed by atoms with Crippen molar-refractivity contribution in [2.45, 2.75) is 37.0 Å². The van der Waals surface area contributed by atoms with Crippen molar-refractivity contribution >= 4 is 21.8 Å². The Morgan fingerprint density at radius 3 is 2.89 bits per heavy atom. The lowest BCUT2D eigenvalue weighted by Crippen LogP contribution is -2.41. The van der Waals surface area contributed by atoms with Gasteiger partial charge in [-0.1, -0.05) is 6.92 Å². The van der Waals surface area contributed by atoms with E-state index in [1.54, 1.807) is 6.92 Å². The molecule has 108 valence electrons. The maximum atomic E-state index is 12.6. The van der Waals surface area contributed by atoms with E-state index in [-0.39, 0.29) is 17.3 Å². The highest BCUT2D eigenvalue weighted by atomic mass is 32.2. The number of rotatable bonds is 4. The van der Waals surface area contributed by atoms with Crippen LogP contribution in [0.3, 0.4) is 0 Å². The Morgan fingerprint density at radius 2 is 2.32 bits per heavy atom. The molecule has 7 heteroatoms. The number of hydrogen-bond acceptors (Lipinski definition) is 5. The zero-order valence-corrected chi connectivity index (χ0v) is 12.8. The molecule has 1 aliphatic rings. The van der Waals surface area contributed by atoms with Gasteiger partial charge in [-0.25, -0.2) is 8.42 Å². The maximum Gasteiger partial charge on any atom is 0.246 e. The van der Waals surface area contributed by atoms with E-state index in [1.165, 1.54) is 10.4 Å². The summed E-state index contributed by atoms with van der Waals surface area (Å²) in [5, 5.41) is 9.38. The number of aliphatic hydroxyl groups is 1. The van der Waals surface area contributed by atoms with Crippen LogP contribution in [0.25, 0.3) is 0 Å². The molecule has 0 bridgehead atoms. The fraction of sp³-hybridized carbons (Fsp3) is 0.667. The van der Waals surface area contributed by atoms with E-state index in [4.69, 9.17) is 9.52 Å². The predicted octanol–water partition coefficient (Wildman–Crippen LogP) is 1.60. The summed E-state index contributed by atoms with van der Waals surface area (Å²) in [4.78, 5) is 0.179. The zero-order valence-electron chi connectivity index (χ0n) is 11.1. The van der Waals surface area contributed by atoms with Crippen molar-refractivity contribution < 1.29 is 17.9 Å². The van der Waals surface area contributed by atoms with Crippen LogP contribution in [0.2, 0.25) is 0 Å². The van der Waals surface area contributed by atoms with Crippen molar-refractivity contribution in [1.82, 2.24) is 4.31 Å². The molecule has 1 fully saturated rings. The Morgan fingerprint density at radius 1 is 1.58 bits per heavy atom. The molecule has 0 aromatic carbocycles. The molecule has 0 aliphatic carbocycles. The number of nitrogens with zero attached hydrogens (tertiary/aromatic N) is 1. The van der Waals surface area contributed by atoms with Gasteiger partial charge in [-0.05, 0) is 13.3 Å². The van der Waals surface area contributed by atoms with Crippen molar-refractivity contribution in [3.05, 3.63) is 17.6 Å². The van der Waals surface area contributed by atoms with Crippen LogP contribution in [0.15, 0.2) is 15.4 Å². The van der Waals surface area contributed by atoms with Gasteiger partial charge in [0, 0.05) is 30.2 Å². The summed E-state index contributed by atoms with van der Waals surface area (Å²) in [6, 6.07) is 1.42. The fourth-order valence-corrected chi connectivity index (χ4v) is 5.22. The molecule has 1 aromatic rings. The molecule has 1 aromatic heterocycles. The fourth-order valence-electron chi connectivity index (χ4n) is 2.15. The quantitative estimate of drug-likeness (QED) is 0.915. The zero-order chi connectivity index (χ0) is 14.0. The largest absolute Gasteiger partial charge is 0.462 e. The molecule has 2 heterocycles. The Balaban J connectivity index is 2.28. The van der Waals surface area contributed by atoms with Crippen LogP contribution in [0.5, 0.6) is 0 Å². The molecular weight excluding hydrogens is 286 g/mol. The van der Waals surface area contributed by atoms with Crippen molar-refractivity contribution in [2.24, 2.45) is 0 Å². The molecule has 1 aliphatic heterocycles. The summed E-state index contributed by atoms with van der Waals surface area (Å²) in [5.74, 6) is 1.45. The summed E-state index contributed by atoms with van der Waals surface area (Å²) >= 11 is 1.82. The van der Waals surface area contributed by atoms with Crippen LogP contribution < -0.4 is 0 Å². The van der Waals surface area contributed by atoms with Gasteiger partial charge in [0.05, 0.1) is 0 Å². The lowest BCUT2D eigenvalue weighted by molar-refractivity contribution is 0.244. The number of hydrogen-bond donors (Lipinski definition) is 1. The van der Waals surface area contributed by atoms with E-state index in [0.717, 1.165) is 12.2 Å². The van der Waals surface area contributed by atoms with Crippen LogP contribution in [-0.2, 0) is 16.6 Å². The molecular formula is C12H19NO4S2. The molecule has 0 saturated carbocycles. The topological polar surface area (TPSA) is 70.8 Å². The van der Waals surface area contributed by atoms with Crippen LogP contribution in [0.4, 0.5) is 0 Å². The first-order valence-electron chi connectivity index (χ1n) is 6.31. The molecule has 1 saturated heterocycles. The van der Waals surface area contributed by atoms with Crippen molar-refractivity contribution in [1.29, 1.82) is 0 Å². The monoisotopic (exact) mass is 305 g/mol. The van der Waals surface area contributed by atoms with E-state index >= 15 is 0 Å². The van der Waals surface area contributed by atoms with Gasteiger partial charge in [0.15, 0.2) is 0 Å². The maximum absolute atomic E-state index is 12.6. The molecule has 5 nitrogen and oxygen atoms in total. The normalized spacial score (nSPS) is 21.7. The molecule has 1 atom stereocenters. The Bertz CT molecular complexity index is 538. The highest BCUT2D eigenvalue weighted by Crippen LogP contribution is 2.29. The minimum Gasteiger partial charge on any atom is -0.462 e. The van der Waals surface area contributed by atoms with Gasteiger partial charge in [-0.2, -0.15) is 16.1 Å². The summed E-state index contributed by atoms with van der Waals surface area (Å²) in [7, 11) is -3.51.